The number of amides is 1. The van der Waals surface area contributed by atoms with E-state index in [4.69, 9.17) is 38.0 Å². The topological polar surface area (TPSA) is 175 Å². The average molecular weight is 953 g/mol. The van der Waals surface area contributed by atoms with Gasteiger partial charge in [0.25, 0.3) is 14.4 Å². The smallest absolute Gasteiger partial charge is 0.351 e. The number of benzene rings is 4. The highest BCUT2D eigenvalue weighted by Crippen LogP contribution is 2.57. The third kappa shape index (κ3) is 9.98. The maximum atomic E-state index is 14.5. The Morgan fingerprint density at radius 3 is 2.03 bits per heavy atom. The van der Waals surface area contributed by atoms with Crippen molar-refractivity contribution >= 4 is 26.2 Å². The molecule has 17 heteroatoms. The first-order valence-corrected chi connectivity index (χ1v) is 24.0. The Hall–Kier alpha value is -6.57. The van der Waals surface area contributed by atoms with Crippen molar-refractivity contribution in [3.63, 3.8) is 0 Å². The minimum Gasteiger partial charge on any atom is -0.497 e. The highest BCUT2D eigenvalue weighted by molar-refractivity contribution is 7.44. The summed E-state index contributed by atoms with van der Waals surface area (Å²) in [5.41, 5.74) is 0.0793. The van der Waals surface area contributed by atoms with Gasteiger partial charge in [0.05, 0.1) is 46.5 Å². The van der Waals surface area contributed by atoms with Gasteiger partial charge in [-0.2, -0.15) is 10.2 Å². The van der Waals surface area contributed by atoms with E-state index in [2.05, 4.69) is 48.7 Å². The van der Waals surface area contributed by atoms with Crippen molar-refractivity contribution in [1.29, 1.82) is 5.26 Å². The van der Waals surface area contributed by atoms with Crippen molar-refractivity contribution in [1.82, 2.24) is 24.2 Å². The summed E-state index contributed by atoms with van der Waals surface area (Å²) in [4.78, 5) is 43.7. The van der Waals surface area contributed by atoms with Crippen molar-refractivity contribution in [2.75, 3.05) is 44.2 Å². The van der Waals surface area contributed by atoms with Crippen LogP contribution in [0.3, 0.4) is 0 Å². The number of nitriles is 1. The van der Waals surface area contributed by atoms with Crippen LogP contribution in [0.15, 0.2) is 139 Å². The first-order chi connectivity index (χ1) is 33.4. The lowest BCUT2D eigenvalue weighted by Gasteiger charge is -2.42. The molecule has 2 aliphatic rings. The predicted molar refractivity (Wildman–Crippen MR) is 262 cm³/mol. The van der Waals surface area contributed by atoms with Gasteiger partial charge in [0, 0.05) is 41.8 Å². The number of aryl methyl sites for hydroxylation is 1. The Morgan fingerprint density at radius 1 is 0.884 bits per heavy atom. The molecular weight excluding hydrogens is 896 g/mol. The van der Waals surface area contributed by atoms with Crippen LogP contribution in [0.4, 0.5) is 11.8 Å². The summed E-state index contributed by atoms with van der Waals surface area (Å²) in [6, 6.07) is 37.3. The van der Waals surface area contributed by atoms with Gasteiger partial charge in [-0.1, -0.05) is 72.8 Å². The minimum absolute atomic E-state index is 0.0290. The molecule has 69 heavy (non-hydrogen) atoms. The van der Waals surface area contributed by atoms with Gasteiger partial charge in [-0.3, -0.25) is 9.36 Å². The quantitative estimate of drug-likeness (QED) is 0.0438. The van der Waals surface area contributed by atoms with Crippen LogP contribution in [-0.4, -0.2) is 93.9 Å². The van der Waals surface area contributed by atoms with Crippen molar-refractivity contribution in [3.05, 3.63) is 172 Å². The Labute approximate surface area is 403 Å². The van der Waals surface area contributed by atoms with E-state index in [1.165, 1.54) is 4.57 Å². The SMILES string of the molecule is COc1ccc(C(OC[C@@]23CN(c4ncccn4)[C@@H]([C@H](n4cc(C)c(NC(=O)c5ccccc5)nc4=O)O2)[C@@H]3OP(OCCC#N)N(C(C)C)C(C)C)(c2ccccc2)c2ccc(OC)cc2)cc1. The fourth-order valence-electron chi connectivity index (χ4n) is 9.20. The Kier molecular flexibility index (Phi) is 15.1. The summed E-state index contributed by atoms with van der Waals surface area (Å²) in [7, 11) is 1.37. The maximum Gasteiger partial charge on any atom is 0.351 e. The molecule has 0 radical (unpaired) electrons. The number of carbonyl (C=O) groups excluding carboxylic acids is 1. The molecule has 2 fully saturated rings. The lowest BCUT2D eigenvalue weighted by atomic mass is 9.79. The molecule has 4 aromatic carbocycles. The number of morpholine rings is 1. The highest BCUT2D eigenvalue weighted by atomic mass is 31.2. The van der Waals surface area contributed by atoms with Crippen LogP contribution in [0.1, 0.15) is 73.0 Å². The number of methoxy groups -OCH3 is 2. The molecule has 16 nitrogen and oxygen atoms in total. The molecule has 2 aliphatic heterocycles. The first-order valence-electron chi connectivity index (χ1n) is 22.8. The third-order valence-electron chi connectivity index (χ3n) is 12.3. The van der Waals surface area contributed by atoms with Crippen LogP contribution < -0.4 is 25.4 Å². The summed E-state index contributed by atoms with van der Waals surface area (Å²) < 4.78 is 43.8. The summed E-state index contributed by atoms with van der Waals surface area (Å²) in [5.74, 6) is 1.44. The Balaban J connectivity index is 1.31. The molecule has 4 heterocycles. The van der Waals surface area contributed by atoms with Crippen LogP contribution in [-0.2, 0) is 24.1 Å². The Bertz CT molecular complexity index is 2710. The van der Waals surface area contributed by atoms with Crippen LogP contribution in [0, 0.1) is 18.3 Å². The van der Waals surface area contributed by atoms with E-state index in [0.717, 1.165) is 16.7 Å². The number of ether oxygens (including phenoxy) is 4. The fraction of sp³-hybridized carbons (Fsp3) is 0.346. The highest BCUT2D eigenvalue weighted by Gasteiger charge is 2.68. The molecule has 358 valence electrons. The predicted octanol–water partition coefficient (Wildman–Crippen LogP) is 8.44. The summed E-state index contributed by atoms with van der Waals surface area (Å²) in [6.07, 6.45) is 3.19. The number of aromatic nitrogens is 4. The molecule has 6 aromatic rings. The average Bonchev–Trinajstić information content (AvgIpc) is 3.84. The molecule has 1 amide bonds. The van der Waals surface area contributed by atoms with Crippen molar-refractivity contribution < 1.29 is 32.8 Å². The second kappa shape index (κ2) is 21.4. The van der Waals surface area contributed by atoms with Gasteiger partial charge >= 0.3 is 5.69 Å². The second-order valence-corrected chi connectivity index (χ2v) is 18.8. The lowest BCUT2D eigenvalue weighted by molar-refractivity contribution is -0.157. The number of nitrogens with one attached hydrogen (secondary N) is 1. The lowest BCUT2D eigenvalue weighted by Crippen LogP contribution is -2.52. The number of hydrogen-bond acceptors (Lipinski definition) is 14. The molecule has 0 spiro atoms. The largest absolute Gasteiger partial charge is 0.497 e. The van der Waals surface area contributed by atoms with Crippen LogP contribution >= 0.6 is 8.53 Å². The normalized spacial score (nSPS) is 19.2. The number of fused-ring (bicyclic) bond motifs is 2. The van der Waals surface area contributed by atoms with Gasteiger partial charge in [0.2, 0.25) is 5.95 Å². The van der Waals surface area contributed by atoms with E-state index >= 15 is 0 Å². The summed E-state index contributed by atoms with van der Waals surface area (Å²) in [5, 5.41) is 12.4. The van der Waals surface area contributed by atoms with Gasteiger partial charge in [-0.05, 0) is 93.8 Å². The van der Waals surface area contributed by atoms with E-state index in [9.17, 15) is 14.9 Å². The van der Waals surface area contributed by atoms with E-state index in [0.29, 0.717) is 28.6 Å². The molecule has 0 aliphatic carbocycles. The maximum absolute atomic E-state index is 14.5. The van der Waals surface area contributed by atoms with E-state index < -0.39 is 49.7 Å². The van der Waals surface area contributed by atoms with E-state index in [-0.39, 0.29) is 44.1 Å². The van der Waals surface area contributed by atoms with Gasteiger partial charge in [0.15, 0.2) is 6.23 Å². The van der Waals surface area contributed by atoms with Gasteiger partial charge in [-0.15, -0.1) is 0 Å². The molecule has 2 bridgehead atoms. The molecule has 8 rings (SSSR count). The van der Waals surface area contributed by atoms with Crippen LogP contribution in [0.25, 0.3) is 0 Å². The molecule has 0 saturated carbocycles. The number of hydrogen-bond donors (Lipinski definition) is 1. The van der Waals surface area contributed by atoms with Crippen molar-refractivity contribution in [2.24, 2.45) is 0 Å². The fourth-order valence-corrected chi connectivity index (χ4v) is 11.0. The number of carbonyl (C=O) groups is 1. The van der Waals surface area contributed by atoms with Crippen molar-refractivity contribution in [3.8, 4) is 17.6 Å². The van der Waals surface area contributed by atoms with Gasteiger partial charge in [0.1, 0.15) is 40.7 Å². The van der Waals surface area contributed by atoms with Gasteiger partial charge < -0.3 is 38.2 Å². The number of anilines is 2. The number of nitrogens with zero attached hydrogens (tertiary/aromatic N) is 7. The van der Waals surface area contributed by atoms with Gasteiger partial charge in [-0.25, -0.2) is 19.4 Å². The van der Waals surface area contributed by atoms with Crippen LogP contribution in [0.2, 0.25) is 0 Å². The second-order valence-electron chi connectivity index (χ2n) is 17.4. The molecule has 1 N–H and O–H groups in total. The Morgan fingerprint density at radius 2 is 1.46 bits per heavy atom. The van der Waals surface area contributed by atoms with E-state index in [1.807, 2.05) is 89.8 Å². The first kappa shape index (κ1) is 48.9. The standard InChI is InChI=1S/C52H57N8O8P/c1-35(2)60(36(3)4)69(66-31-14-28-53)68-45-44-48(58-32-37(5)46(57-50(58)62)56-47(61)38-16-10-8-11-17-38)67-51(45,33-59(44)49-54-29-15-30-55-49)34-65-52(39-18-12-9-13-19-39,40-20-24-42(63-6)25-21-40)41-22-26-43(64-7)27-23-41/h8-13,15-27,29-30,32,35-36,44-45,48H,14,31,33-34H2,1-7H3,(H,56,57,61,62)/t44-,45+,48-,51-,69?/m1/s1. The van der Waals surface area contributed by atoms with Crippen LogP contribution in [0.5, 0.6) is 11.5 Å². The zero-order chi connectivity index (χ0) is 48.7. The van der Waals surface area contributed by atoms with Crippen molar-refractivity contribution in [2.45, 2.75) is 82.7 Å². The molecular formula is C52H57N8O8P. The monoisotopic (exact) mass is 952 g/mol. The number of rotatable bonds is 20. The molecule has 1 unspecified atom stereocenters. The zero-order valence-corrected chi connectivity index (χ0v) is 40.7. The minimum atomic E-state index is -1.88. The summed E-state index contributed by atoms with van der Waals surface area (Å²) >= 11 is 0. The third-order valence-corrected chi connectivity index (χ3v) is 14.4. The molecule has 2 saturated heterocycles. The van der Waals surface area contributed by atoms with E-state index in [1.54, 1.807) is 70.1 Å². The summed E-state index contributed by atoms with van der Waals surface area (Å²) in [6.45, 7) is 10.3. The molecule has 5 atom stereocenters. The molecule has 2 aromatic heterocycles. The zero-order valence-electron chi connectivity index (χ0n) is 39.8.